The Morgan fingerprint density at radius 1 is 1.14 bits per heavy atom. The average molecular weight is 529 g/mol. The summed E-state index contributed by atoms with van der Waals surface area (Å²) < 4.78 is 53.6. The fourth-order valence-corrected chi connectivity index (χ4v) is 5.51. The molecule has 3 aromatic heterocycles. The number of thiazole rings is 1. The first-order valence-electron chi connectivity index (χ1n) is 11.4. The molecule has 2 N–H and O–H groups in total. The number of halogens is 4. The number of hydrogen-bond donors (Lipinski definition) is 2. The van der Waals surface area contributed by atoms with E-state index in [9.17, 15) is 27.5 Å². The molecule has 0 radical (unpaired) electrons. The molecule has 1 aliphatic rings. The van der Waals surface area contributed by atoms with Gasteiger partial charge in [-0.1, -0.05) is 0 Å². The summed E-state index contributed by atoms with van der Waals surface area (Å²) in [7, 11) is 0. The number of nitrogens with zero attached hydrogens (tertiary/aromatic N) is 3. The van der Waals surface area contributed by atoms with Crippen molar-refractivity contribution in [2.45, 2.75) is 38.3 Å². The number of nitrogens with one attached hydrogen (secondary N) is 1. The Labute approximate surface area is 213 Å². The van der Waals surface area contributed by atoms with E-state index >= 15 is 0 Å². The molecule has 0 amide bonds. The summed E-state index contributed by atoms with van der Waals surface area (Å²) in [6.07, 6.45) is 0.507. The first-order chi connectivity index (χ1) is 17.6. The van der Waals surface area contributed by atoms with Crippen molar-refractivity contribution in [3.05, 3.63) is 87.4 Å². The largest absolute Gasteiger partial charge is 0.478 e. The highest BCUT2D eigenvalue weighted by Crippen LogP contribution is 2.41. The maximum Gasteiger partial charge on any atom is 0.416 e. The van der Waals surface area contributed by atoms with E-state index in [1.165, 1.54) is 23.5 Å². The van der Waals surface area contributed by atoms with Crippen LogP contribution in [0.4, 0.5) is 29.2 Å². The summed E-state index contributed by atoms with van der Waals surface area (Å²) >= 11 is 1.40. The molecule has 0 saturated heterocycles. The first-order valence-corrected chi connectivity index (χ1v) is 12.2. The number of carboxylic acids is 1. The molecule has 0 spiro atoms. The van der Waals surface area contributed by atoms with E-state index in [1.54, 1.807) is 12.3 Å². The minimum absolute atomic E-state index is 0.0189. The second-order valence-corrected chi connectivity index (χ2v) is 9.87. The van der Waals surface area contributed by atoms with Crippen LogP contribution in [0.2, 0.25) is 0 Å². The van der Waals surface area contributed by atoms with Gasteiger partial charge < -0.3 is 10.4 Å². The summed E-state index contributed by atoms with van der Waals surface area (Å²) in [6.45, 7) is 1.85. The summed E-state index contributed by atoms with van der Waals surface area (Å²) in [5.41, 5.74) is 1.82. The van der Waals surface area contributed by atoms with Crippen molar-refractivity contribution < 1.29 is 27.5 Å². The Hall–Kier alpha value is -3.86. The van der Waals surface area contributed by atoms with Gasteiger partial charge in [0.05, 0.1) is 21.7 Å². The third-order valence-corrected chi connectivity index (χ3v) is 7.29. The number of hydrogen-bond acceptors (Lipinski definition) is 6. The van der Waals surface area contributed by atoms with Crippen LogP contribution in [-0.4, -0.2) is 26.0 Å². The standard InChI is InChI=1S/C26H20F4N4O2S/c1-13-7-20(33-23(8-13)34-22-10-15(5-6-31-22)26(28,29)30)21-12-32-24(37-21)16-4-2-3-14-9-18(25(35)36)19(27)11-17(14)16/h5-12,16H,2-4H2,1H3,(H,35,36)(H,31,33,34). The first kappa shape index (κ1) is 24.8. The number of anilines is 2. The third-order valence-electron chi connectivity index (χ3n) is 6.16. The van der Waals surface area contributed by atoms with Gasteiger partial charge in [0.1, 0.15) is 22.5 Å². The van der Waals surface area contributed by atoms with Crippen molar-refractivity contribution in [3.8, 4) is 10.6 Å². The third kappa shape index (κ3) is 5.17. The summed E-state index contributed by atoms with van der Waals surface area (Å²) in [4.78, 5) is 25.2. The van der Waals surface area contributed by atoms with Crippen molar-refractivity contribution in [1.29, 1.82) is 0 Å². The van der Waals surface area contributed by atoms with E-state index in [4.69, 9.17) is 0 Å². The minimum Gasteiger partial charge on any atom is -0.478 e. The fourth-order valence-electron chi connectivity index (χ4n) is 4.48. The molecule has 1 aromatic carbocycles. The van der Waals surface area contributed by atoms with Gasteiger partial charge in [-0.25, -0.2) is 24.1 Å². The molecule has 6 nitrogen and oxygen atoms in total. The predicted octanol–water partition coefficient (Wildman–Crippen LogP) is 6.98. The molecule has 0 saturated carbocycles. The molecular weight excluding hydrogens is 508 g/mol. The van der Waals surface area contributed by atoms with E-state index < -0.39 is 23.5 Å². The van der Waals surface area contributed by atoms with Gasteiger partial charge >= 0.3 is 12.1 Å². The van der Waals surface area contributed by atoms with Crippen LogP contribution in [0.15, 0.2) is 48.8 Å². The van der Waals surface area contributed by atoms with Crippen LogP contribution in [0.3, 0.4) is 0 Å². The molecule has 0 aliphatic heterocycles. The highest BCUT2D eigenvalue weighted by atomic mass is 32.1. The van der Waals surface area contributed by atoms with Crippen LogP contribution in [0.25, 0.3) is 10.6 Å². The lowest BCUT2D eigenvalue weighted by Gasteiger charge is -2.24. The molecule has 1 aliphatic carbocycles. The average Bonchev–Trinajstić information content (AvgIpc) is 3.33. The van der Waals surface area contributed by atoms with Crippen LogP contribution in [0, 0.1) is 12.7 Å². The normalized spacial score (nSPS) is 15.3. The zero-order valence-electron chi connectivity index (χ0n) is 19.4. The predicted molar refractivity (Wildman–Crippen MR) is 131 cm³/mol. The molecule has 1 atom stereocenters. The number of alkyl halides is 3. The lowest BCUT2D eigenvalue weighted by molar-refractivity contribution is -0.137. The van der Waals surface area contributed by atoms with Crippen molar-refractivity contribution in [2.75, 3.05) is 5.32 Å². The van der Waals surface area contributed by atoms with Crippen molar-refractivity contribution in [1.82, 2.24) is 15.0 Å². The van der Waals surface area contributed by atoms with Gasteiger partial charge in [0.15, 0.2) is 0 Å². The van der Waals surface area contributed by atoms with Crippen LogP contribution in [0.1, 0.15) is 56.4 Å². The van der Waals surface area contributed by atoms with E-state index in [0.29, 0.717) is 17.9 Å². The second-order valence-electron chi connectivity index (χ2n) is 8.81. The van der Waals surface area contributed by atoms with Gasteiger partial charge in [-0.05, 0) is 79.3 Å². The molecule has 3 heterocycles. The van der Waals surface area contributed by atoms with Gasteiger partial charge in [0, 0.05) is 18.3 Å². The van der Waals surface area contributed by atoms with Gasteiger partial charge in [-0.2, -0.15) is 13.2 Å². The van der Waals surface area contributed by atoms with Crippen molar-refractivity contribution in [3.63, 3.8) is 0 Å². The molecule has 4 aromatic rings. The van der Waals surface area contributed by atoms with Gasteiger partial charge in [0.25, 0.3) is 0 Å². The molecular formula is C26H20F4N4O2S. The van der Waals surface area contributed by atoms with Gasteiger partial charge in [0.2, 0.25) is 0 Å². The highest BCUT2D eigenvalue weighted by Gasteiger charge is 2.31. The lowest BCUT2D eigenvalue weighted by atomic mass is 9.82. The maximum atomic E-state index is 14.5. The Morgan fingerprint density at radius 3 is 2.70 bits per heavy atom. The number of fused-ring (bicyclic) bond motifs is 1. The van der Waals surface area contributed by atoms with Crippen LogP contribution in [0.5, 0.6) is 0 Å². The Kier molecular flexibility index (Phi) is 6.40. The van der Waals surface area contributed by atoms with Gasteiger partial charge in [-0.3, -0.25) is 0 Å². The summed E-state index contributed by atoms with van der Waals surface area (Å²) in [5.74, 6) is -1.88. The monoisotopic (exact) mass is 528 g/mol. The Balaban J connectivity index is 1.44. The van der Waals surface area contributed by atoms with E-state index in [1.807, 2.05) is 13.0 Å². The number of benzene rings is 1. The minimum atomic E-state index is -4.49. The number of carbonyl (C=O) groups is 1. The van der Waals surface area contributed by atoms with E-state index in [0.717, 1.165) is 57.7 Å². The molecule has 5 rings (SSSR count). The van der Waals surface area contributed by atoms with Crippen LogP contribution >= 0.6 is 11.3 Å². The lowest BCUT2D eigenvalue weighted by Crippen LogP contribution is -2.14. The number of carboxylic acid groups (broad SMARTS) is 1. The molecule has 0 bridgehead atoms. The molecule has 1 unspecified atom stereocenters. The molecule has 11 heteroatoms. The Morgan fingerprint density at radius 2 is 1.95 bits per heavy atom. The smallest absolute Gasteiger partial charge is 0.416 e. The molecule has 37 heavy (non-hydrogen) atoms. The zero-order valence-corrected chi connectivity index (χ0v) is 20.3. The highest BCUT2D eigenvalue weighted by molar-refractivity contribution is 7.15. The second kappa shape index (κ2) is 9.55. The molecule has 190 valence electrons. The topological polar surface area (TPSA) is 88.0 Å². The van der Waals surface area contributed by atoms with Crippen LogP contribution in [-0.2, 0) is 12.6 Å². The maximum absolute atomic E-state index is 14.5. The fraction of sp³-hybridized carbons (Fsp3) is 0.231. The number of aryl methyl sites for hydroxylation is 2. The number of pyridine rings is 2. The van der Waals surface area contributed by atoms with Gasteiger partial charge in [-0.15, -0.1) is 11.3 Å². The zero-order chi connectivity index (χ0) is 26.3. The van der Waals surface area contributed by atoms with E-state index in [-0.39, 0.29) is 17.3 Å². The van der Waals surface area contributed by atoms with Crippen LogP contribution < -0.4 is 5.32 Å². The summed E-state index contributed by atoms with van der Waals surface area (Å²) in [5, 5.41) is 12.9. The Bertz CT molecular complexity index is 1500. The number of aromatic carboxylic acids is 1. The van der Waals surface area contributed by atoms with Crippen molar-refractivity contribution >= 4 is 28.9 Å². The number of aromatic nitrogens is 3. The van der Waals surface area contributed by atoms with Crippen molar-refractivity contribution in [2.24, 2.45) is 0 Å². The summed E-state index contributed by atoms with van der Waals surface area (Å²) in [6, 6.07) is 8.08. The molecule has 0 fully saturated rings. The van der Waals surface area contributed by atoms with E-state index in [2.05, 4.69) is 20.3 Å². The SMILES string of the molecule is Cc1cc(Nc2cc(C(F)(F)F)ccn2)nc(-c2cnc(C3CCCc4cc(C(=O)O)c(F)cc43)s2)c1. The quantitative estimate of drug-likeness (QED) is 0.272. The number of rotatable bonds is 5.